The molecule has 0 saturated heterocycles. The van der Waals surface area contributed by atoms with Crippen molar-refractivity contribution < 1.29 is 4.79 Å². The maximum atomic E-state index is 11.7. The van der Waals surface area contributed by atoms with Crippen LogP contribution >= 0.6 is 0 Å². The number of hydrogen-bond donors (Lipinski definition) is 2. The van der Waals surface area contributed by atoms with Gasteiger partial charge in [0.1, 0.15) is 0 Å². The van der Waals surface area contributed by atoms with Crippen LogP contribution in [0, 0.1) is 5.92 Å². The molecular weight excluding hydrogens is 238 g/mol. The minimum absolute atomic E-state index is 0.0709. The second-order valence-corrected chi connectivity index (χ2v) is 4.65. The van der Waals surface area contributed by atoms with Gasteiger partial charge in [-0.3, -0.25) is 9.89 Å². The van der Waals surface area contributed by atoms with E-state index in [0.717, 1.165) is 23.0 Å². The van der Waals surface area contributed by atoms with Crippen molar-refractivity contribution in [1.29, 1.82) is 0 Å². The highest BCUT2D eigenvalue weighted by molar-refractivity contribution is 5.93. The van der Waals surface area contributed by atoms with Gasteiger partial charge in [-0.1, -0.05) is 27.7 Å². The van der Waals surface area contributed by atoms with Gasteiger partial charge in [0.2, 0.25) is 5.91 Å². The molecule has 0 saturated carbocycles. The fourth-order valence-electron chi connectivity index (χ4n) is 1.66. The molecule has 0 fully saturated rings. The van der Waals surface area contributed by atoms with Crippen LogP contribution in [0.25, 0.3) is 10.9 Å². The van der Waals surface area contributed by atoms with Crippen molar-refractivity contribution in [3.8, 4) is 0 Å². The van der Waals surface area contributed by atoms with Crippen molar-refractivity contribution in [3.63, 3.8) is 0 Å². The fourth-order valence-corrected chi connectivity index (χ4v) is 1.66. The van der Waals surface area contributed by atoms with E-state index in [1.807, 2.05) is 32.0 Å². The Labute approximate surface area is 114 Å². The molecule has 0 unspecified atom stereocenters. The third-order valence-electron chi connectivity index (χ3n) is 2.67. The first-order valence-corrected chi connectivity index (χ1v) is 6.88. The monoisotopic (exact) mass is 261 g/mol. The van der Waals surface area contributed by atoms with E-state index in [2.05, 4.69) is 29.4 Å². The van der Waals surface area contributed by atoms with Gasteiger partial charge in [-0.2, -0.15) is 5.10 Å². The summed E-state index contributed by atoms with van der Waals surface area (Å²) < 4.78 is 0. The van der Waals surface area contributed by atoms with Crippen LogP contribution in [-0.4, -0.2) is 16.1 Å². The van der Waals surface area contributed by atoms with Crippen LogP contribution in [0.4, 0.5) is 5.69 Å². The smallest absolute Gasteiger partial charge is 0.224 e. The number of nitrogens with one attached hydrogen (secondary N) is 2. The van der Waals surface area contributed by atoms with Gasteiger partial charge in [0, 0.05) is 17.5 Å². The highest BCUT2D eigenvalue weighted by Gasteiger charge is 2.05. The first-order chi connectivity index (χ1) is 9.15. The Bertz CT molecular complexity index is 517. The molecular formula is C15H23N3O. The van der Waals surface area contributed by atoms with Crippen molar-refractivity contribution >= 4 is 22.5 Å². The number of H-pyrrole nitrogens is 1. The fraction of sp³-hybridized carbons (Fsp3) is 0.467. The van der Waals surface area contributed by atoms with Crippen LogP contribution in [0.3, 0.4) is 0 Å². The summed E-state index contributed by atoms with van der Waals surface area (Å²) >= 11 is 0. The first-order valence-electron chi connectivity index (χ1n) is 6.88. The average Bonchev–Trinajstić information content (AvgIpc) is 2.86. The summed E-state index contributed by atoms with van der Waals surface area (Å²) in [5, 5.41) is 10.7. The Balaban J connectivity index is 0.000000861. The second-order valence-electron chi connectivity index (χ2n) is 4.65. The molecule has 2 aromatic rings. The molecule has 0 aliphatic carbocycles. The van der Waals surface area contributed by atoms with Crippen molar-refractivity contribution in [1.82, 2.24) is 10.2 Å². The molecule has 4 nitrogen and oxygen atoms in total. The third-order valence-corrected chi connectivity index (χ3v) is 2.67. The molecule has 1 amide bonds. The second kappa shape index (κ2) is 7.56. The summed E-state index contributed by atoms with van der Waals surface area (Å²) in [6.45, 7) is 8.23. The molecule has 2 N–H and O–H groups in total. The molecule has 1 heterocycles. The number of carbonyl (C=O) groups excluding carboxylic acids is 1. The first kappa shape index (κ1) is 15.2. The zero-order chi connectivity index (χ0) is 14.3. The number of aromatic amines is 1. The Morgan fingerprint density at radius 1 is 1.37 bits per heavy atom. The Morgan fingerprint density at radius 3 is 2.79 bits per heavy atom. The van der Waals surface area contributed by atoms with Crippen LogP contribution < -0.4 is 5.32 Å². The van der Waals surface area contributed by atoms with Crippen molar-refractivity contribution in [2.24, 2.45) is 5.92 Å². The standard InChI is InChI=1S/C13H17N3O.C2H6/c1-9(2)3-6-13(17)15-11-4-5-12-10(7-11)8-14-16-12;1-2/h4-5,7-9H,3,6H2,1-2H3,(H,14,16)(H,15,17);1-2H3. The lowest BCUT2D eigenvalue weighted by molar-refractivity contribution is -0.116. The Hall–Kier alpha value is -1.84. The van der Waals surface area contributed by atoms with Crippen LogP contribution in [-0.2, 0) is 4.79 Å². The van der Waals surface area contributed by atoms with Gasteiger partial charge >= 0.3 is 0 Å². The molecule has 0 bridgehead atoms. The van der Waals surface area contributed by atoms with E-state index in [-0.39, 0.29) is 5.91 Å². The molecule has 0 aliphatic heterocycles. The van der Waals surface area contributed by atoms with Gasteiger partial charge in [0.25, 0.3) is 0 Å². The molecule has 0 spiro atoms. The van der Waals surface area contributed by atoms with Gasteiger partial charge in [0.15, 0.2) is 0 Å². The highest BCUT2D eigenvalue weighted by Crippen LogP contribution is 2.17. The minimum atomic E-state index is 0.0709. The van der Waals surface area contributed by atoms with Gasteiger partial charge in [-0.05, 0) is 30.5 Å². The summed E-state index contributed by atoms with van der Waals surface area (Å²) in [7, 11) is 0. The number of nitrogens with zero attached hydrogens (tertiary/aromatic N) is 1. The molecule has 0 atom stereocenters. The summed E-state index contributed by atoms with van der Waals surface area (Å²) in [5.41, 5.74) is 1.80. The number of hydrogen-bond acceptors (Lipinski definition) is 2. The number of aromatic nitrogens is 2. The molecule has 0 aliphatic rings. The lowest BCUT2D eigenvalue weighted by atomic mass is 10.1. The SMILES string of the molecule is CC.CC(C)CCC(=O)Nc1ccc2[nH]ncc2c1. The number of benzene rings is 1. The van der Waals surface area contributed by atoms with Crippen LogP contribution in [0.2, 0.25) is 0 Å². The Morgan fingerprint density at radius 2 is 2.11 bits per heavy atom. The van der Waals surface area contributed by atoms with E-state index < -0.39 is 0 Å². The van der Waals surface area contributed by atoms with Crippen molar-refractivity contribution in [3.05, 3.63) is 24.4 Å². The molecule has 0 radical (unpaired) electrons. The predicted octanol–water partition coefficient (Wildman–Crippen LogP) is 3.96. The van der Waals surface area contributed by atoms with Gasteiger partial charge in [0.05, 0.1) is 11.7 Å². The van der Waals surface area contributed by atoms with Crippen LogP contribution in [0.1, 0.15) is 40.5 Å². The molecule has 1 aromatic carbocycles. The summed E-state index contributed by atoms with van der Waals surface area (Å²) in [6.07, 6.45) is 3.24. The molecule has 4 heteroatoms. The maximum absolute atomic E-state index is 11.7. The largest absolute Gasteiger partial charge is 0.326 e. The van der Waals surface area contributed by atoms with Crippen molar-refractivity contribution in [2.75, 3.05) is 5.32 Å². The zero-order valence-corrected chi connectivity index (χ0v) is 12.2. The van der Waals surface area contributed by atoms with E-state index in [9.17, 15) is 4.79 Å². The molecule has 2 rings (SSSR count). The van der Waals surface area contributed by atoms with Crippen molar-refractivity contribution in [2.45, 2.75) is 40.5 Å². The third kappa shape index (κ3) is 4.73. The van der Waals surface area contributed by atoms with E-state index in [1.165, 1.54) is 0 Å². The summed E-state index contributed by atoms with van der Waals surface area (Å²) in [5.74, 6) is 0.624. The molecule has 1 aromatic heterocycles. The van der Waals surface area contributed by atoms with E-state index >= 15 is 0 Å². The topological polar surface area (TPSA) is 57.8 Å². The Kier molecular flexibility index (Phi) is 6.06. The van der Waals surface area contributed by atoms with E-state index in [0.29, 0.717) is 12.3 Å². The highest BCUT2D eigenvalue weighted by atomic mass is 16.1. The predicted molar refractivity (Wildman–Crippen MR) is 80.1 cm³/mol. The number of fused-ring (bicyclic) bond motifs is 1. The maximum Gasteiger partial charge on any atom is 0.224 e. The molecule has 104 valence electrons. The van der Waals surface area contributed by atoms with Gasteiger partial charge < -0.3 is 5.32 Å². The van der Waals surface area contributed by atoms with Crippen LogP contribution in [0.5, 0.6) is 0 Å². The lowest BCUT2D eigenvalue weighted by Crippen LogP contribution is -2.11. The van der Waals surface area contributed by atoms with Gasteiger partial charge in [-0.15, -0.1) is 0 Å². The number of carbonyl (C=O) groups is 1. The molecule has 19 heavy (non-hydrogen) atoms. The number of anilines is 1. The lowest BCUT2D eigenvalue weighted by Gasteiger charge is -2.06. The zero-order valence-electron chi connectivity index (χ0n) is 12.2. The van der Waals surface area contributed by atoms with E-state index in [4.69, 9.17) is 0 Å². The van der Waals surface area contributed by atoms with E-state index in [1.54, 1.807) is 6.20 Å². The normalized spacial score (nSPS) is 10.2. The number of amides is 1. The summed E-state index contributed by atoms with van der Waals surface area (Å²) in [6, 6.07) is 5.72. The number of rotatable bonds is 4. The van der Waals surface area contributed by atoms with Crippen LogP contribution in [0.15, 0.2) is 24.4 Å². The van der Waals surface area contributed by atoms with Gasteiger partial charge in [-0.25, -0.2) is 0 Å². The average molecular weight is 261 g/mol. The minimum Gasteiger partial charge on any atom is -0.326 e. The summed E-state index contributed by atoms with van der Waals surface area (Å²) in [4.78, 5) is 11.7. The quantitative estimate of drug-likeness (QED) is 0.875.